The highest BCUT2D eigenvalue weighted by Gasteiger charge is 2.15. The Morgan fingerprint density at radius 3 is 2.73 bits per heavy atom. The lowest BCUT2D eigenvalue weighted by molar-refractivity contribution is 0.0764. The maximum atomic E-state index is 11.7. The van der Waals surface area contributed by atoms with Gasteiger partial charge in [-0.05, 0) is 18.2 Å². The fraction of sp³-hybridized carbons (Fsp3) is 0.300. The van der Waals surface area contributed by atoms with E-state index in [1.807, 2.05) is 0 Å². The predicted molar refractivity (Wildman–Crippen MR) is 57.2 cm³/mol. The molecule has 0 aliphatic heterocycles. The summed E-state index contributed by atoms with van der Waals surface area (Å²) in [6, 6.07) is 4.29. The number of aliphatic hydroxyl groups is 1. The molecule has 15 heavy (non-hydrogen) atoms. The molecule has 1 aromatic rings. The number of carbonyl (C=O) groups is 1. The molecule has 0 aliphatic rings. The Labute approximate surface area is 92.7 Å². The first-order valence-corrected chi connectivity index (χ1v) is 4.79. The summed E-state index contributed by atoms with van der Waals surface area (Å²) >= 11 is 5.64. The van der Waals surface area contributed by atoms with E-state index in [1.165, 1.54) is 23.1 Å². The number of hydrogen-bond donors (Lipinski definition) is 2. The van der Waals surface area contributed by atoms with E-state index in [0.29, 0.717) is 5.02 Å². The molecule has 4 nitrogen and oxygen atoms in total. The lowest BCUT2D eigenvalue weighted by Crippen LogP contribution is -2.29. The van der Waals surface area contributed by atoms with Crippen LogP contribution in [0.15, 0.2) is 18.2 Å². The van der Waals surface area contributed by atoms with Gasteiger partial charge in [0, 0.05) is 18.6 Å². The maximum absolute atomic E-state index is 11.7. The summed E-state index contributed by atoms with van der Waals surface area (Å²) in [7, 11) is 1.55. The van der Waals surface area contributed by atoms with Crippen LogP contribution >= 0.6 is 11.6 Å². The molecular weight excluding hydrogens is 218 g/mol. The number of amides is 1. The molecule has 0 aliphatic carbocycles. The molecule has 5 heteroatoms. The van der Waals surface area contributed by atoms with Gasteiger partial charge in [-0.2, -0.15) is 0 Å². The number of rotatable bonds is 3. The Bertz CT molecular complexity index is 368. The maximum Gasteiger partial charge on any atom is 0.257 e. The first kappa shape index (κ1) is 11.8. The van der Waals surface area contributed by atoms with E-state index >= 15 is 0 Å². The highest BCUT2D eigenvalue weighted by atomic mass is 35.5. The van der Waals surface area contributed by atoms with E-state index in [2.05, 4.69) is 0 Å². The quantitative estimate of drug-likeness (QED) is 0.816. The van der Waals surface area contributed by atoms with Gasteiger partial charge in [-0.25, -0.2) is 0 Å². The number of aromatic hydroxyl groups is 1. The van der Waals surface area contributed by atoms with E-state index in [4.69, 9.17) is 16.7 Å². The number of nitrogens with zero attached hydrogens (tertiary/aromatic N) is 1. The van der Waals surface area contributed by atoms with Gasteiger partial charge in [0.25, 0.3) is 5.91 Å². The normalized spacial score (nSPS) is 10.1. The van der Waals surface area contributed by atoms with Gasteiger partial charge in [0.15, 0.2) is 0 Å². The number of aliphatic hydroxyl groups excluding tert-OH is 1. The summed E-state index contributed by atoms with van der Waals surface area (Å²) in [6.45, 7) is 0.109. The summed E-state index contributed by atoms with van der Waals surface area (Å²) in [4.78, 5) is 13.0. The minimum atomic E-state index is -0.349. The third-order valence-corrected chi connectivity index (χ3v) is 2.21. The van der Waals surface area contributed by atoms with E-state index in [1.54, 1.807) is 7.05 Å². The number of phenols is 1. The predicted octanol–water partition coefficient (Wildman–Crippen LogP) is 1.11. The number of hydrogen-bond acceptors (Lipinski definition) is 3. The summed E-state index contributed by atoms with van der Waals surface area (Å²) in [5.74, 6) is -0.504. The molecule has 0 bridgehead atoms. The average molecular weight is 230 g/mol. The largest absolute Gasteiger partial charge is 0.507 e. The molecule has 2 N–H and O–H groups in total. The molecule has 1 aromatic carbocycles. The molecule has 0 unspecified atom stereocenters. The van der Waals surface area contributed by atoms with Gasteiger partial charge in [0.1, 0.15) is 5.75 Å². The van der Waals surface area contributed by atoms with Crippen LogP contribution < -0.4 is 0 Å². The highest BCUT2D eigenvalue weighted by molar-refractivity contribution is 6.30. The summed E-state index contributed by atoms with van der Waals surface area (Å²) in [5.41, 5.74) is 0.176. The minimum Gasteiger partial charge on any atom is -0.507 e. The third kappa shape index (κ3) is 2.84. The second kappa shape index (κ2) is 5.00. The van der Waals surface area contributed by atoms with Crippen LogP contribution in [0.2, 0.25) is 5.02 Å². The first-order valence-electron chi connectivity index (χ1n) is 4.41. The summed E-state index contributed by atoms with van der Waals surface area (Å²) < 4.78 is 0. The molecule has 0 spiro atoms. The minimum absolute atomic E-state index is 0.114. The SMILES string of the molecule is CN(CCO)C(=O)c1ccc(Cl)cc1O. The number of carbonyl (C=O) groups excluding carboxylic acids is 1. The lowest BCUT2D eigenvalue weighted by atomic mass is 10.2. The van der Waals surface area contributed by atoms with E-state index in [9.17, 15) is 9.90 Å². The molecule has 0 fully saturated rings. The lowest BCUT2D eigenvalue weighted by Gasteiger charge is -2.16. The fourth-order valence-corrected chi connectivity index (χ4v) is 1.31. The fourth-order valence-electron chi connectivity index (χ4n) is 1.14. The molecule has 1 rings (SSSR count). The number of benzene rings is 1. The zero-order valence-electron chi connectivity index (χ0n) is 8.27. The first-order chi connectivity index (χ1) is 7.06. The zero-order chi connectivity index (χ0) is 11.4. The zero-order valence-corrected chi connectivity index (χ0v) is 9.03. The van der Waals surface area contributed by atoms with Crippen LogP contribution in [0.5, 0.6) is 5.75 Å². The number of phenolic OH excluding ortho intramolecular Hbond substituents is 1. The molecular formula is C10H12ClNO3. The standard InChI is InChI=1S/C10H12ClNO3/c1-12(4-5-13)10(15)8-3-2-7(11)6-9(8)14/h2-3,6,13-14H,4-5H2,1H3. The number of likely N-dealkylation sites (N-methyl/N-ethyl adjacent to an activating group) is 1. The Morgan fingerprint density at radius 1 is 1.53 bits per heavy atom. The van der Waals surface area contributed by atoms with Gasteiger partial charge in [0.05, 0.1) is 12.2 Å². The second-order valence-corrected chi connectivity index (χ2v) is 3.55. The van der Waals surface area contributed by atoms with Crippen LogP contribution in [0.1, 0.15) is 10.4 Å². The van der Waals surface area contributed by atoms with Crippen molar-refractivity contribution in [3.05, 3.63) is 28.8 Å². The van der Waals surface area contributed by atoms with Crippen molar-refractivity contribution in [3.63, 3.8) is 0 Å². The van der Waals surface area contributed by atoms with Crippen molar-refractivity contribution in [2.45, 2.75) is 0 Å². The van der Waals surface area contributed by atoms with Crippen molar-refractivity contribution in [1.29, 1.82) is 0 Å². The van der Waals surface area contributed by atoms with Crippen molar-refractivity contribution < 1.29 is 15.0 Å². The van der Waals surface area contributed by atoms with Crippen LogP contribution in [0.4, 0.5) is 0 Å². The van der Waals surface area contributed by atoms with Gasteiger partial charge in [-0.3, -0.25) is 4.79 Å². The van der Waals surface area contributed by atoms with Crippen molar-refractivity contribution in [1.82, 2.24) is 4.90 Å². The Morgan fingerprint density at radius 2 is 2.20 bits per heavy atom. The van der Waals surface area contributed by atoms with E-state index < -0.39 is 0 Å². The van der Waals surface area contributed by atoms with Crippen LogP contribution in [0.25, 0.3) is 0 Å². The van der Waals surface area contributed by atoms with Crippen molar-refractivity contribution in [2.75, 3.05) is 20.2 Å². The van der Waals surface area contributed by atoms with Crippen LogP contribution in [0.3, 0.4) is 0 Å². The van der Waals surface area contributed by atoms with Crippen molar-refractivity contribution in [3.8, 4) is 5.75 Å². The van der Waals surface area contributed by atoms with Gasteiger partial charge < -0.3 is 15.1 Å². The Hall–Kier alpha value is -1.26. The smallest absolute Gasteiger partial charge is 0.257 e. The molecule has 0 saturated heterocycles. The van der Waals surface area contributed by atoms with Gasteiger partial charge in [-0.1, -0.05) is 11.6 Å². The van der Waals surface area contributed by atoms with E-state index in [-0.39, 0.29) is 30.4 Å². The molecule has 0 atom stereocenters. The average Bonchev–Trinajstić information content (AvgIpc) is 2.17. The van der Waals surface area contributed by atoms with Crippen LogP contribution in [-0.4, -0.2) is 41.2 Å². The molecule has 0 saturated carbocycles. The third-order valence-electron chi connectivity index (χ3n) is 1.97. The van der Waals surface area contributed by atoms with E-state index in [0.717, 1.165) is 0 Å². The highest BCUT2D eigenvalue weighted by Crippen LogP contribution is 2.22. The molecule has 0 heterocycles. The van der Waals surface area contributed by atoms with Gasteiger partial charge in [0.2, 0.25) is 0 Å². The summed E-state index contributed by atoms with van der Waals surface area (Å²) in [6.07, 6.45) is 0. The molecule has 0 radical (unpaired) electrons. The topological polar surface area (TPSA) is 60.8 Å². The number of halogens is 1. The monoisotopic (exact) mass is 229 g/mol. The van der Waals surface area contributed by atoms with Gasteiger partial charge in [-0.15, -0.1) is 0 Å². The molecule has 0 aromatic heterocycles. The summed E-state index contributed by atoms with van der Waals surface area (Å²) in [5, 5.41) is 18.5. The van der Waals surface area contributed by atoms with Gasteiger partial charge >= 0.3 is 0 Å². The van der Waals surface area contributed by atoms with Crippen molar-refractivity contribution >= 4 is 17.5 Å². The Balaban J connectivity index is 2.91. The Kier molecular flexibility index (Phi) is 3.94. The molecule has 82 valence electrons. The second-order valence-electron chi connectivity index (χ2n) is 3.11. The van der Waals surface area contributed by atoms with Crippen LogP contribution in [-0.2, 0) is 0 Å². The molecule has 1 amide bonds. The van der Waals surface area contributed by atoms with Crippen LogP contribution in [0, 0.1) is 0 Å². The van der Waals surface area contributed by atoms with Crippen molar-refractivity contribution in [2.24, 2.45) is 0 Å².